The van der Waals surface area contributed by atoms with Gasteiger partial charge >= 0.3 is 0 Å². The summed E-state index contributed by atoms with van der Waals surface area (Å²) in [6.45, 7) is 1.94. The molecule has 2 aromatic heterocycles. The molecule has 0 N–H and O–H groups in total. The summed E-state index contributed by atoms with van der Waals surface area (Å²) in [7, 11) is 1.64. The van der Waals surface area contributed by atoms with E-state index < -0.39 is 0 Å². The fraction of sp³-hybridized carbons (Fsp3) is 0.259. The van der Waals surface area contributed by atoms with E-state index in [1.165, 1.54) is 12.1 Å². The quantitative estimate of drug-likeness (QED) is 0.421. The van der Waals surface area contributed by atoms with Gasteiger partial charge in [0.1, 0.15) is 11.6 Å². The minimum absolute atomic E-state index is 0. The first-order valence-corrected chi connectivity index (χ1v) is 10.7. The number of hydrogen-bond acceptors (Lipinski definition) is 3. The molecule has 0 aliphatic carbocycles. The summed E-state index contributed by atoms with van der Waals surface area (Å²) in [6.07, 6.45) is 5.89. The van der Waals surface area contributed by atoms with Crippen LogP contribution in [0.15, 0.2) is 71.9 Å². The molecule has 4 aromatic rings. The number of imidazole rings is 1. The van der Waals surface area contributed by atoms with Crippen LogP contribution in [0, 0.1) is 12.7 Å². The number of pyridine rings is 1. The molecule has 1 aliphatic rings. The summed E-state index contributed by atoms with van der Waals surface area (Å²) < 4.78 is 22.8. The lowest BCUT2D eigenvalue weighted by Gasteiger charge is -2.17. The Morgan fingerprint density at radius 1 is 1.12 bits per heavy atom. The molecule has 0 saturated heterocycles. The minimum atomic E-state index is -0.267. The number of benzene rings is 2. The number of aryl methyl sites for hydroxylation is 2. The van der Waals surface area contributed by atoms with Crippen molar-refractivity contribution in [1.82, 2.24) is 14.1 Å². The Balaban J connectivity index is 0.00000259. The van der Waals surface area contributed by atoms with Gasteiger partial charge in [-0.25, -0.2) is 9.37 Å². The van der Waals surface area contributed by atoms with Crippen LogP contribution in [-0.2, 0) is 12.8 Å². The standard InChI is InChI=1S/C26H24FN3O2.CH4/c1-17-15-29(16-28-17)24-11-3-18(14-25(24)32-2)13-20-6-9-22-10-12-23(30(22)26(20)31)19-4-7-21(27)8-5-19;/h3-9,11,14-16,23H,10,12-13H2,1-2H3;1H4. The molecular formula is C27H28FN3O2. The maximum absolute atomic E-state index is 13.4. The van der Waals surface area contributed by atoms with E-state index in [0.717, 1.165) is 52.4 Å². The molecule has 0 saturated carbocycles. The maximum atomic E-state index is 13.4. The van der Waals surface area contributed by atoms with Gasteiger partial charge in [0.05, 0.1) is 30.9 Å². The van der Waals surface area contributed by atoms with E-state index in [1.54, 1.807) is 25.6 Å². The maximum Gasteiger partial charge on any atom is 0.254 e. The third kappa shape index (κ3) is 4.21. The van der Waals surface area contributed by atoms with Gasteiger partial charge in [-0.15, -0.1) is 0 Å². The number of nitrogens with zero attached hydrogens (tertiary/aromatic N) is 3. The lowest BCUT2D eigenvalue weighted by molar-refractivity contribution is 0.412. The highest BCUT2D eigenvalue weighted by Crippen LogP contribution is 2.31. The van der Waals surface area contributed by atoms with Gasteiger partial charge in [0.25, 0.3) is 5.56 Å². The third-order valence-electron chi connectivity index (χ3n) is 6.15. The topological polar surface area (TPSA) is 49.0 Å². The average Bonchev–Trinajstić information content (AvgIpc) is 3.43. The molecule has 0 spiro atoms. The number of ether oxygens (including phenoxy) is 1. The zero-order chi connectivity index (χ0) is 22.2. The van der Waals surface area contributed by atoms with E-state index in [1.807, 2.05) is 52.6 Å². The number of fused-ring (bicyclic) bond motifs is 1. The minimum Gasteiger partial charge on any atom is -0.495 e. The largest absolute Gasteiger partial charge is 0.495 e. The van der Waals surface area contributed by atoms with Gasteiger partial charge in [0, 0.05) is 23.9 Å². The second-order valence-electron chi connectivity index (χ2n) is 8.24. The Bertz CT molecular complexity index is 1340. The highest BCUT2D eigenvalue weighted by atomic mass is 19.1. The van der Waals surface area contributed by atoms with Crippen LogP contribution in [0.4, 0.5) is 4.39 Å². The normalized spacial score (nSPS) is 14.6. The van der Waals surface area contributed by atoms with Crippen molar-refractivity contribution in [2.24, 2.45) is 0 Å². The monoisotopic (exact) mass is 445 g/mol. The van der Waals surface area contributed by atoms with E-state index in [4.69, 9.17) is 4.74 Å². The van der Waals surface area contributed by atoms with Gasteiger partial charge in [0.2, 0.25) is 0 Å². The Morgan fingerprint density at radius 2 is 1.91 bits per heavy atom. The molecule has 1 unspecified atom stereocenters. The molecule has 0 fully saturated rings. The van der Waals surface area contributed by atoms with Gasteiger partial charge in [0.15, 0.2) is 0 Å². The first kappa shape index (κ1) is 22.5. The average molecular weight is 446 g/mol. The molecule has 6 heteroatoms. The van der Waals surface area contributed by atoms with E-state index >= 15 is 0 Å². The van der Waals surface area contributed by atoms with Crippen molar-refractivity contribution in [2.75, 3.05) is 7.11 Å². The van der Waals surface area contributed by atoms with Gasteiger partial charge < -0.3 is 13.9 Å². The van der Waals surface area contributed by atoms with Gasteiger partial charge in [-0.2, -0.15) is 0 Å². The van der Waals surface area contributed by atoms with Gasteiger partial charge in [-0.1, -0.05) is 31.7 Å². The molecular weight excluding hydrogens is 417 g/mol. The van der Waals surface area contributed by atoms with E-state index in [-0.39, 0.29) is 24.8 Å². The SMILES string of the molecule is C.COc1cc(Cc2ccc3n(c2=O)C(c2ccc(F)cc2)CC3)ccc1-n1cnc(C)c1. The Labute approximate surface area is 193 Å². The third-order valence-corrected chi connectivity index (χ3v) is 6.15. The zero-order valence-electron chi connectivity index (χ0n) is 18.1. The van der Waals surface area contributed by atoms with Crippen LogP contribution >= 0.6 is 0 Å². The van der Waals surface area contributed by atoms with Crippen molar-refractivity contribution < 1.29 is 9.13 Å². The van der Waals surface area contributed by atoms with Crippen LogP contribution < -0.4 is 10.3 Å². The van der Waals surface area contributed by atoms with Gasteiger partial charge in [-0.3, -0.25) is 4.79 Å². The number of aromatic nitrogens is 3. The van der Waals surface area contributed by atoms with E-state index in [0.29, 0.717) is 6.42 Å². The van der Waals surface area contributed by atoms with Crippen LogP contribution in [0.25, 0.3) is 5.69 Å². The molecule has 3 heterocycles. The Morgan fingerprint density at radius 3 is 2.61 bits per heavy atom. The van der Waals surface area contributed by atoms with Crippen LogP contribution in [0.5, 0.6) is 5.75 Å². The second kappa shape index (κ2) is 9.06. The summed E-state index contributed by atoms with van der Waals surface area (Å²) in [5, 5.41) is 0. The predicted molar refractivity (Wildman–Crippen MR) is 128 cm³/mol. The number of methoxy groups -OCH3 is 1. The van der Waals surface area contributed by atoms with Crippen molar-refractivity contribution in [3.63, 3.8) is 0 Å². The van der Waals surface area contributed by atoms with E-state index in [2.05, 4.69) is 4.98 Å². The Kier molecular flexibility index (Phi) is 6.18. The first-order chi connectivity index (χ1) is 15.5. The molecule has 1 atom stereocenters. The summed E-state index contributed by atoms with van der Waals surface area (Å²) in [5.74, 6) is 0.460. The van der Waals surface area contributed by atoms with E-state index in [9.17, 15) is 9.18 Å². The number of rotatable bonds is 5. The fourth-order valence-electron chi connectivity index (χ4n) is 4.55. The lowest BCUT2D eigenvalue weighted by Crippen LogP contribution is -2.26. The van der Waals surface area contributed by atoms with Crippen molar-refractivity contribution in [2.45, 2.75) is 39.7 Å². The molecule has 1 aliphatic heterocycles. The van der Waals surface area contributed by atoms with Crippen LogP contribution in [-0.4, -0.2) is 21.2 Å². The van der Waals surface area contributed by atoms with Crippen molar-refractivity contribution in [3.05, 3.63) is 111 Å². The predicted octanol–water partition coefficient (Wildman–Crippen LogP) is 5.25. The Hall–Kier alpha value is -3.67. The second-order valence-corrected chi connectivity index (χ2v) is 8.24. The fourth-order valence-corrected chi connectivity index (χ4v) is 4.55. The molecule has 5 nitrogen and oxygen atoms in total. The summed E-state index contributed by atoms with van der Waals surface area (Å²) >= 11 is 0. The van der Waals surface area contributed by atoms with Crippen LogP contribution in [0.2, 0.25) is 0 Å². The van der Waals surface area contributed by atoms with Crippen molar-refractivity contribution in [3.8, 4) is 11.4 Å². The van der Waals surface area contributed by atoms with Crippen molar-refractivity contribution >= 4 is 0 Å². The molecule has 5 rings (SSSR count). The first-order valence-electron chi connectivity index (χ1n) is 10.7. The summed E-state index contributed by atoms with van der Waals surface area (Å²) in [6, 6.07) is 16.4. The molecule has 0 bridgehead atoms. The molecule has 0 radical (unpaired) electrons. The molecule has 0 amide bonds. The van der Waals surface area contributed by atoms with Gasteiger partial charge in [-0.05, 0) is 61.2 Å². The van der Waals surface area contributed by atoms with Crippen LogP contribution in [0.3, 0.4) is 0 Å². The highest BCUT2D eigenvalue weighted by Gasteiger charge is 2.25. The summed E-state index contributed by atoms with van der Waals surface area (Å²) in [4.78, 5) is 17.7. The highest BCUT2D eigenvalue weighted by molar-refractivity contribution is 5.50. The van der Waals surface area contributed by atoms with Crippen molar-refractivity contribution in [1.29, 1.82) is 0 Å². The zero-order valence-corrected chi connectivity index (χ0v) is 18.1. The number of hydrogen-bond donors (Lipinski definition) is 0. The smallest absolute Gasteiger partial charge is 0.254 e. The lowest BCUT2D eigenvalue weighted by atomic mass is 10.0. The van der Waals surface area contributed by atoms with Crippen LogP contribution in [0.1, 0.15) is 48.0 Å². The summed E-state index contributed by atoms with van der Waals surface area (Å²) in [5.41, 5.74) is 5.56. The molecule has 170 valence electrons. The number of halogens is 1. The molecule has 2 aromatic carbocycles. The molecule has 33 heavy (non-hydrogen) atoms.